The van der Waals surface area contributed by atoms with E-state index in [1.54, 1.807) is 7.11 Å². The van der Waals surface area contributed by atoms with Crippen molar-refractivity contribution in [3.63, 3.8) is 0 Å². The quantitative estimate of drug-likeness (QED) is 0.676. The van der Waals surface area contributed by atoms with Gasteiger partial charge in [-0.05, 0) is 31.2 Å². The van der Waals surface area contributed by atoms with E-state index in [-0.39, 0.29) is 12.5 Å². The van der Waals surface area contributed by atoms with Crippen molar-refractivity contribution in [3.8, 4) is 11.5 Å². The molecule has 1 rings (SSSR count). The maximum atomic E-state index is 11.6. The van der Waals surface area contributed by atoms with Gasteiger partial charge < -0.3 is 20.1 Å². The minimum Gasteiger partial charge on any atom is -0.493 e. The Morgan fingerprint density at radius 3 is 2.75 bits per heavy atom. The van der Waals surface area contributed by atoms with Gasteiger partial charge in [0.15, 0.2) is 18.1 Å². The van der Waals surface area contributed by atoms with Crippen LogP contribution in [0.3, 0.4) is 0 Å². The van der Waals surface area contributed by atoms with Crippen LogP contribution in [0.15, 0.2) is 18.2 Å². The molecule has 0 fully saturated rings. The highest BCUT2D eigenvalue weighted by atomic mass is 16.5. The number of ether oxygens (including phenoxy) is 2. The fourth-order valence-electron chi connectivity index (χ4n) is 1.75. The lowest BCUT2D eigenvalue weighted by Gasteiger charge is -2.12. The van der Waals surface area contributed by atoms with Gasteiger partial charge in [0.1, 0.15) is 0 Å². The topological polar surface area (TPSA) is 59.6 Å². The van der Waals surface area contributed by atoms with E-state index in [0.717, 1.165) is 24.9 Å². The van der Waals surface area contributed by atoms with Crippen molar-refractivity contribution in [2.45, 2.75) is 26.3 Å². The van der Waals surface area contributed by atoms with Crippen molar-refractivity contribution in [2.75, 3.05) is 27.3 Å². The van der Waals surface area contributed by atoms with E-state index < -0.39 is 0 Å². The van der Waals surface area contributed by atoms with Gasteiger partial charge in [-0.25, -0.2) is 0 Å². The Morgan fingerprint density at radius 2 is 2.10 bits per heavy atom. The monoisotopic (exact) mass is 280 g/mol. The molecule has 1 aromatic carbocycles. The van der Waals surface area contributed by atoms with Crippen LogP contribution < -0.4 is 20.1 Å². The van der Waals surface area contributed by atoms with Gasteiger partial charge in [0.25, 0.3) is 5.91 Å². The van der Waals surface area contributed by atoms with Crippen LogP contribution in [-0.4, -0.2) is 33.2 Å². The highest BCUT2D eigenvalue weighted by molar-refractivity contribution is 5.77. The van der Waals surface area contributed by atoms with Crippen LogP contribution in [-0.2, 0) is 11.3 Å². The summed E-state index contributed by atoms with van der Waals surface area (Å²) in [5.41, 5.74) is 1.08. The van der Waals surface area contributed by atoms with Gasteiger partial charge in [-0.3, -0.25) is 4.79 Å². The Morgan fingerprint density at radius 1 is 1.30 bits per heavy atom. The molecule has 0 saturated heterocycles. The molecule has 0 aromatic heterocycles. The summed E-state index contributed by atoms with van der Waals surface area (Å²) in [4.78, 5) is 11.6. The zero-order chi connectivity index (χ0) is 14.8. The molecule has 0 heterocycles. The molecule has 1 amide bonds. The predicted molar refractivity (Wildman–Crippen MR) is 79.2 cm³/mol. The first-order valence-electron chi connectivity index (χ1n) is 6.92. The molecule has 0 aliphatic heterocycles. The van der Waals surface area contributed by atoms with Crippen molar-refractivity contribution in [1.29, 1.82) is 0 Å². The average molecular weight is 280 g/mol. The number of hydrogen-bond donors (Lipinski definition) is 2. The Kier molecular flexibility index (Phi) is 7.50. The maximum Gasteiger partial charge on any atom is 0.257 e. The lowest BCUT2D eigenvalue weighted by atomic mass is 10.2. The molecule has 0 bridgehead atoms. The van der Waals surface area contributed by atoms with E-state index in [1.807, 2.05) is 25.2 Å². The molecule has 20 heavy (non-hydrogen) atoms. The third kappa shape index (κ3) is 5.48. The van der Waals surface area contributed by atoms with Crippen LogP contribution in [0.2, 0.25) is 0 Å². The van der Waals surface area contributed by atoms with Gasteiger partial charge in [-0.1, -0.05) is 19.4 Å². The third-order valence-electron chi connectivity index (χ3n) is 2.82. The van der Waals surface area contributed by atoms with Gasteiger partial charge in [0, 0.05) is 13.1 Å². The molecule has 0 aliphatic carbocycles. The SMILES string of the molecule is CCCCNC(=O)COc1cc(CNC)ccc1OC. The second kappa shape index (κ2) is 9.20. The van der Waals surface area contributed by atoms with Crippen LogP contribution in [0.1, 0.15) is 25.3 Å². The molecule has 0 aliphatic rings. The average Bonchev–Trinajstić information content (AvgIpc) is 2.46. The molecule has 5 heteroatoms. The Hall–Kier alpha value is -1.75. The van der Waals surface area contributed by atoms with Gasteiger partial charge in [-0.2, -0.15) is 0 Å². The van der Waals surface area contributed by atoms with E-state index >= 15 is 0 Å². The van der Waals surface area contributed by atoms with E-state index in [1.165, 1.54) is 0 Å². The second-order valence-electron chi connectivity index (χ2n) is 4.51. The summed E-state index contributed by atoms with van der Waals surface area (Å²) >= 11 is 0. The highest BCUT2D eigenvalue weighted by Gasteiger charge is 2.08. The van der Waals surface area contributed by atoms with Crippen LogP contribution >= 0.6 is 0 Å². The summed E-state index contributed by atoms with van der Waals surface area (Å²) < 4.78 is 10.8. The van der Waals surface area contributed by atoms with E-state index in [4.69, 9.17) is 9.47 Å². The molecule has 0 saturated carbocycles. The van der Waals surface area contributed by atoms with Crippen molar-refractivity contribution in [1.82, 2.24) is 10.6 Å². The van der Waals surface area contributed by atoms with Crippen molar-refractivity contribution in [2.24, 2.45) is 0 Å². The van der Waals surface area contributed by atoms with E-state index in [0.29, 0.717) is 18.0 Å². The minimum atomic E-state index is -0.112. The zero-order valence-electron chi connectivity index (χ0n) is 12.5. The summed E-state index contributed by atoms with van der Waals surface area (Å²) in [7, 11) is 3.47. The molecular weight excluding hydrogens is 256 g/mol. The number of amides is 1. The molecular formula is C15H24N2O3. The van der Waals surface area contributed by atoms with Crippen LogP contribution in [0.5, 0.6) is 11.5 Å². The number of carbonyl (C=O) groups excluding carboxylic acids is 1. The number of benzene rings is 1. The number of carbonyl (C=O) groups is 1. The first-order chi connectivity index (χ1) is 9.71. The Bertz CT molecular complexity index is 422. The third-order valence-corrected chi connectivity index (χ3v) is 2.82. The van der Waals surface area contributed by atoms with E-state index in [2.05, 4.69) is 17.6 Å². The summed E-state index contributed by atoms with van der Waals surface area (Å²) in [6.07, 6.45) is 2.04. The zero-order valence-corrected chi connectivity index (χ0v) is 12.5. The largest absolute Gasteiger partial charge is 0.493 e. The van der Waals surface area contributed by atoms with Crippen LogP contribution in [0.25, 0.3) is 0 Å². The van der Waals surface area contributed by atoms with Gasteiger partial charge in [0.05, 0.1) is 7.11 Å². The standard InChI is InChI=1S/C15H24N2O3/c1-4-5-8-17-15(18)11-20-14-9-12(10-16-2)6-7-13(14)19-3/h6-7,9,16H,4-5,8,10-11H2,1-3H3,(H,17,18). The Balaban J connectivity index is 2.56. The fourth-order valence-corrected chi connectivity index (χ4v) is 1.75. The number of nitrogens with one attached hydrogen (secondary N) is 2. The maximum absolute atomic E-state index is 11.6. The number of rotatable bonds is 9. The first-order valence-corrected chi connectivity index (χ1v) is 6.92. The second-order valence-corrected chi connectivity index (χ2v) is 4.51. The molecule has 2 N–H and O–H groups in total. The van der Waals surface area contributed by atoms with Gasteiger partial charge in [-0.15, -0.1) is 0 Å². The van der Waals surface area contributed by atoms with Crippen molar-refractivity contribution < 1.29 is 14.3 Å². The van der Waals surface area contributed by atoms with Crippen molar-refractivity contribution >= 4 is 5.91 Å². The molecule has 5 nitrogen and oxygen atoms in total. The highest BCUT2D eigenvalue weighted by Crippen LogP contribution is 2.27. The minimum absolute atomic E-state index is 0.00306. The van der Waals surface area contributed by atoms with Crippen molar-refractivity contribution in [3.05, 3.63) is 23.8 Å². The van der Waals surface area contributed by atoms with Gasteiger partial charge >= 0.3 is 0 Å². The molecule has 0 unspecified atom stereocenters. The smallest absolute Gasteiger partial charge is 0.257 e. The van der Waals surface area contributed by atoms with Crippen LogP contribution in [0, 0.1) is 0 Å². The Labute approximate surface area is 120 Å². The van der Waals surface area contributed by atoms with Crippen LogP contribution in [0.4, 0.5) is 0 Å². The number of methoxy groups -OCH3 is 1. The molecule has 112 valence electrons. The molecule has 1 aromatic rings. The lowest BCUT2D eigenvalue weighted by Crippen LogP contribution is -2.29. The molecule has 0 spiro atoms. The van der Waals surface area contributed by atoms with Gasteiger partial charge in [0.2, 0.25) is 0 Å². The lowest BCUT2D eigenvalue weighted by molar-refractivity contribution is -0.123. The predicted octanol–water partition coefficient (Wildman–Crippen LogP) is 1.71. The van der Waals surface area contributed by atoms with E-state index in [9.17, 15) is 4.79 Å². The number of unbranched alkanes of at least 4 members (excludes halogenated alkanes) is 1. The molecule has 0 radical (unpaired) electrons. The summed E-state index contributed by atoms with van der Waals surface area (Å²) in [6.45, 7) is 3.52. The summed E-state index contributed by atoms with van der Waals surface area (Å²) in [5.74, 6) is 1.11. The summed E-state index contributed by atoms with van der Waals surface area (Å²) in [5, 5.41) is 5.89. The first kappa shape index (κ1) is 16.3. The fraction of sp³-hybridized carbons (Fsp3) is 0.533. The number of hydrogen-bond acceptors (Lipinski definition) is 4. The summed E-state index contributed by atoms with van der Waals surface area (Å²) in [6, 6.07) is 5.69. The normalized spacial score (nSPS) is 10.2. The molecule has 0 atom stereocenters.